The quantitative estimate of drug-likeness (QED) is 0.429. The fraction of sp³-hybridized carbons (Fsp3) is 0.364. The second kappa shape index (κ2) is 11.0. The lowest BCUT2D eigenvalue weighted by molar-refractivity contribution is -0.146. The van der Waals surface area contributed by atoms with Crippen LogP contribution in [0.4, 0.5) is 0 Å². The summed E-state index contributed by atoms with van der Waals surface area (Å²) in [5, 5.41) is 21.5. The molecular formula is C22H27NO5. The van der Waals surface area contributed by atoms with E-state index in [0.29, 0.717) is 12.2 Å². The van der Waals surface area contributed by atoms with E-state index >= 15 is 0 Å². The lowest BCUT2D eigenvalue weighted by Crippen LogP contribution is -2.43. The number of phenols is 2. The second-order valence-electron chi connectivity index (χ2n) is 6.67. The van der Waals surface area contributed by atoms with Gasteiger partial charge in [-0.2, -0.15) is 0 Å². The number of amides is 1. The molecule has 2 aromatic rings. The first kappa shape index (κ1) is 21.3. The Bertz CT molecular complexity index is 756. The minimum absolute atomic E-state index is 0.0590. The van der Waals surface area contributed by atoms with Gasteiger partial charge in [0.05, 0.1) is 6.61 Å². The molecule has 0 aliphatic carbocycles. The third-order valence-corrected chi connectivity index (χ3v) is 4.34. The minimum Gasteiger partial charge on any atom is -0.508 e. The number of unbranched alkanes of at least 4 members (excludes halogenated alkanes) is 3. The lowest BCUT2D eigenvalue weighted by atomic mass is 10.0. The van der Waals surface area contributed by atoms with Crippen LogP contribution in [0.25, 0.3) is 0 Å². The summed E-state index contributed by atoms with van der Waals surface area (Å²) in [6.45, 7) is 2.43. The van der Waals surface area contributed by atoms with Crippen molar-refractivity contribution >= 4 is 11.9 Å². The largest absolute Gasteiger partial charge is 0.508 e. The maximum Gasteiger partial charge on any atom is 0.328 e. The molecule has 2 rings (SSSR count). The van der Waals surface area contributed by atoms with Gasteiger partial charge in [0.25, 0.3) is 5.91 Å². The standard InChI is InChI=1S/C22H27NO5/c1-2-3-4-5-14-28-22(27)20(15-16-6-10-18(24)11-7-16)23-21(26)17-8-12-19(25)13-9-17/h6-13,20,24-25H,2-5,14-15H2,1H3,(H,23,26)/t20-/m0/s1. The number of carbonyl (C=O) groups excluding carboxylic acids is 2. The number of ether oxygens (including phenoxy) is 1. The number of esters is 1. The number of aromatic hydroxyl groups is 2. The van der Waals surface area contributed by atoms with E-state index in [2.05, 4.69) is 12.2 Å². The summed E-state index contributed by atoms with van der Waals surface area (Å²) in [4.78, 5) is 25.0. The Labute approximate surface area is 165 Å². The van der Waals surface area contributed by atoms with Crippen LogP contribution in [0.5, 0.6) is 11.5 Å². The van der Waals surface area contributed by atoms with Gasteiger partial charge in [-0.05, 0) is 48.4 Å². The average Bonchev–Trinajstić information content (AvgIpc) is 2.69. The van der Waals surface area contributed by atoms with Crippen LogP contribution in [-0.2, 0) is 16.0 Å². The molecule has 0 unspecified atom stereocenters. The smallest absolute Gasteiger partial charge is 0.328 e. The molecule has 3 N–H and O–H groups in total. The molecule has 0 bridgehead atoms. The van der Waals surface area contributed by atoms with Crippen LogP contribution < -0.4 is 5.32 Å². The summed E-state index contributed by atoms with van der Waals surface area (Å²) in [6, 6.07) is 11.4. The van der Waals surface area contributed by atoms with Crippen LogP contribution >= 0.6 is 0 Å². The third kappa shape index (κ3) is 6.95. The van der Waals surface area contributed by atoms with E-state index in [1.54, 1.807) is 12.1 Å². The third-order valence-electron chi connectivity index (χ3n) is 4.34. The summed E-state index contributed by atoms with van der Waals surface area (Å²) in [5.74, 6) is -0.723. The zero-order chi connectivity index (χ0) is 20.4. The predicted molar refractivity (Wildman–Crippen MR) is 106 cm³/mol. The molecule has 0 aliphatic rings. The Balaban J connectivity index is 2.03. The molecule has 0 radical (unpaired) electrons. The molecule has 150 valence electrons. The molecule has 6 heteroatoms. The number of rotatable bonds is 10. The van der Waals surface area contributed by atoms with Gasteiger partial charge < -0.3 is 20.3 Å². The molecule has 2 aromatic carbocycles. The molecule has 6 nitrogen and oxygen atoms in total. The van der Waals surface area contributed by atoms with Gasteiger partial charge in [-0.3, -0.25) is 4.79 Å². The Morgan fingerprint density at radius 2 is 1.54 bits per heavy atom. The highest BCUT2D eigenvalue weighted by atomic mass is 16.5. The maximum atomic E-state index is 12.5. The lowest BCUT2D eigenvalue weighted by Gasteiger charge is -2.18. The maximum absolute atomic E-state index is 12.5. The average molecular weight is 385 g/mol. The van der Waals surface area contributed by atoms with Crippen LogP contribution in [0.1, 0.15) is 48.5 Å². The Hall–Kier alpha value is -3.02. The van der Waals surface area contributed by atoms with Crippen molar-refractivity contribution < 1.29 is 24.5 Å². The van der Waals surface area contributed by atoms with Crippen molar-refractivity contribution in [3.63, 3.8) is 0 Å². The van der Waals surface area contributed by atoms with E-state index < -0.39 is 17.9 Å². The molecule has 1 atom stereocenters. The fourth-order valence-electron chi connectivity index (χ4n) is 2.72. The summed E-state index contributed by atoms with van der Waals surface area (Å²) in [6.07, 6.45) is 4.22. The normalized spacial score (nSPS) is 11.6. The zero-order valence-electron chi connectivity index (χ0n) is 16.1. The Morgan fingerprint density at radius 3 is 2.14 bits per heavy atom. The number of phenolic OH excluding ortho intramolecular Hbond substituents is 2. The Morgan fingerprint density at radius 1 is 0.929 bits per heavy atom. The van der Waals surface area contributed by atoms with Gasteiger partial charge in [0.2, 0.25) is 0 Å². The fourth-order valence-corrected chi connectivity index (χ4v) is 2.72. The highest BCUT2D eigenvalue weighted by Gasteiger charge is 2.23. The van der Waals surface area contributed by atoms with Crippen LogP contribution in [0, 0.1) is 0 Å². The van der Waals surface area contributed by atoms with Crippen LogP contribution in [0.3, 0.4) is 0 Å². The highest BCUT2D eigenvalue weighted by Crippen LogP contribution is 2.14. The van der Waals surface area contributed by atoms with Gasteiger partial charge in [0.15, 0.2) is 0 Å². The van der Waals surface area contributed by atoms with E-state index in [-0.39, 0.29) is 17.9 Å². The van der Waals surface area contributed by atoms with E-state index in [1.807, 2.05) is 0 Å². The van der Waals surface area contributed by atoms with Gasteiger partial charge in [-0.1, -0.05) is 38.3 Å². The number of hydrogen-bond acceptors (Lipinski definition) is 5. The summed E-state index contributed by atoms with van der Waals surface area (Å²) >= 11 is 0. The summed E-state index contributed by atoms with van der Waals surface area (Å²) in [7, 11) is 0. The number of carbonyl (C=O) groups is 2. The molecule has 0 fully saturated rings. The van der Waals surface area contributed by atoms with Gasteiger partial charge in [-0.25, -0.2) is 4.79 Å². The van der Waals surface area contributed by atoms with Crippen LogP contribution in [0.2, 0.25) is 0 Å². The SMILES string of the molecule is CCCCCCOC(=O)[C@H](Cc1ccc(O)cc1)NC(=O)c1ccc(O)cc1. The van der Waals surface area contributed by atoms with Crippen molar-refractivity contribution in [2.75, 3.05) is 6.61 Å². The van der Waals surface area contributed by atoms with Crippen molar-refractivity contribution in [1.82, 2.24) is 5.32 Å². The molecule has 1 amide bonds. The predicted octanol–water partition coefficient (Wildman–Crippen LogP) is 3.56. The summed E-state index contributed by atoms with van der Waals surface area (Å²) in [5.41, 5.74) is 1.13. The van der Waals surface area contributed by atoms with Crippen LogP contribution in [-0.4, -0.2) is 34.7 Å². The molecule has 0 heterocycles. The highest BCUT2D eigenvalue weighted by molar-refractivity contribution is 5.96. The molecule has 0 spiro atoms. The van der Waals surface area contributed by atoms with Gasteiger partial charge in [0.1, 0.15) is 17.5 Å². The summed E-state index contributed by atoms with van der Waals surface area (Å²) < 4.78 is 5.36. The second-order valence-corrected chi connectivity index (χ2v) is 6.67. The van der Waals surface area contributed by atoms with Crippen molar-refractivity contribution in [3.8, 4) is 11.5 Å². The first-order valence-corrected chi connectivity index (χ1v) is 9.54. The van der Waals surface area contributed by atoms with Crippen LogP contribution in [0.15, 0.2) is 48.5 Å². The van der Waals surface area contributed by atoms with E-state index in [4.69, 9.17) is 4.74 Å². The Kier molecular flexibility index (Phi) is 8.34. The number of nitrogens with one attached hydrogen (secondary N) is 1. The van der Waals surface area contributed by atoms with Crippen molar-refractivity contribution in [1.29, 1.82) is 0 Å². The van der Waals surface area contributed by atoms with Gasteiger partial charge in [-0.15, -0.1) is 0 Å². The van der Waals surface area contributed by atoms with Crippen molar-refractivity contribution in [2.24, 2.45) is 0 Å². The van der Waals surface area contributed by atoms with Gasteiger partial charge >= 0.3 is 5.97 Å². The molecule has 0 aromatic heterocycles. The molecule has 0 saturated carbocycles. The monoisotopic (exact) mass is 385 g/mol. The molecule has 0 aliphatic heterocycles. The van der Waals surface area contributed by atoms with Gasteiger partial charge in [0, 0.05) is 12.0 Å². The number of hydrogen-bond donors (Lipinski definition) is 3. The molecule has 28 heavy (non-hydrogen) atoms. The number of benzene rings is 2. The zero-order valence-corrected chi connectivity index (χ0v) is 16.1. The minimum atomic E-state index is -0.850. The van der Waals surface area contributed by atoms with E-state index in [9.17, 15) is 19.8 Å². The van der Waals surface area contributed by atoms with E-state index in [0.717, 1.165) is 31.2 Å². The molecule has 0 saturated heterocycles. The first-order chi connectivity index (χ1) is 13.5. The van der Waals surface area contributed by atoms with E-state index in [1.165, 1.54) is 36.4 Å². The topological polar surface area (TPSA) is 95.9 Å². The first-order valence-electron chi connectivity index (χ1n) is 9.54. The van der Waals surface area contributed by atoms with Crippen molar-refractivity contribution in [3.05, 3.63) is 59.7 Å². The van der Waals surface area contributed by atoms with Crippen molar-refractivity contribution in [2.45, 2.75) is 45.1 Å². The molecular weight excluding hydrogens is 358 g/mol.